The topological polar surface area (TPSA) is 45.2 Å². The van der Waals surface area contributed by atoms with E-state index in [-0.39, 0.29) is 5.91 Å². The van der Waals surface area contributed by atoms with Gasteiger partial charge in [-0.2, -0.15) is 0 Å². The number of para-hydroxylation sites is 1. The Morgan fingerprint density at radius 1 is 1.25 bits per heavy atom. The van der Waals surface area contributed by atoms with Crippen LogP contribution in [0.3, 0.4) is 0 Å². The van der Waals surface area contributed by atoms with E-state index in [1.165, 1.54) is 5.56 Å². The van der Waals surface area contributed by atoms with Gasteiger partial charge in [0.1, 0.15) is 0 Å². The minimum Gasteiger partial charge on any atom is -0.354 e. The highest BCUT2D eigenvalue weighted by molar-refractivity contribution is 5.95. The zero-order chi connectivity index (χ0) is 16.9. The second-order valence-corrected chi connectivity index (χ2v) is 6.57. The molecular weight excluding hydrogens is 298 g/mol. The molecule has 1 aliphatic heterocycles. The molecular formula is C20H25N3O. The van der Waals surface area contributed by atoms with Gasteiger partial charge in [-0.25, -0.2) is 0 Å². The summed E-state index contributed by atoms with van der Waals surface area (Å²) in [7, 11) is 0. The second kappa shape index (κ2) is 7.47. The number of rotatable bonds is 4. The van der Waals surface area contributed by atoms with Crippen LogP contribution in [0.5, 0.6) is 0 Å². The van der Waals surface area contributed by atoms with Crippen molar-refractivity contribution in [2.45, 2.75) is 33.1 Å². The van der Waals surface area contributed by atoms with Crippen LogP contribution in [-0.4, -0.2) is 28.9 Å². The zero-order valence-corrected chi connectivity index (χ0v) is 14.5. The van der Waals surface area contributed by atoms with Gasteiger partial charge in [0.15, 0.2) is 0 Å². The summed E-state index contributed by atoms with van der Waals surface area (Å²) in [5, 5.41) is 3.40. The molecule has 1 aromatic carbocycles. The van der Waals surface area contributed by atoms with Crippen molar-refractivity contribution >= 4 is 17.3 Å². The number of likely N-dealkylation sites (tertiary alicyclic amines) is 1. The van der Waals surface area contributed by atoms with Gasteiger partial charge in [0.25, 0.3) is 5.91 Å². The predicted octanol–water partition coefficient (Wildman–Crippen LogP) is 4.26. The Hall–Kier alpha value is -2.36. The number of aryl methyl sites for hydroxylation is 1. The van der Waals surface area contributed by atoms with Gasteiger partial charge in [-0.3, -0.25) is 9.78 Å². The van der Waals surface area contributed by atoms with E-state index in [4.69, 9.17) is 0 Å². The minimum absolute atomic E-state index is 0.0850. The molecule has 1 fully saturated rings. The Morgan fingerprint density at radius 3 is 2.75 bits per heavy atom. The number of nitrogens with zero attached hydrogens (tertiary/aromatic N) is 2. The molecule has 0 bridgehead atoms. The van der Waals surface area contributed by atoms with Gasteiger partial charge in [0, 0.05) is 25.0 Å². The van der Waals surface area contributed by atoms with Crippen LogP contribution in [0, 0.1) is 5.92 Å². The smallest absolute Gasteiger partial charge is 0.255 e. The molecule has 4 nitrogen and oxygen atoms in total. The van der Waals surface area contributed by atoms with Crippen LogP contribution in [0.4, 0.5) is 11.4 Å². The molecule has 1 amide bonds. The molecule has 0 unspecified atom stereocenters. The molecule has 3 rings (SSSR count). The van der Waals surface area contributed by atoms with Gasteiger partial charge < -0.3 is 10.2 Å². The first kappa shape index (κ1) is 16.5. The van der Waals surface area contributed by atoms with E-state index in [2.05, 4.69) is 36.3 Å². The third-order valence-electron chi connectivity index (χ3n) is 4.73. The summed E-state index contributed by atoms with van der Waals surface area (Å²) >= 11 is 0. The zero-order valence-electron chi connectivity index (χ0n) is 14.5. The van der Waals surface area contributed by atoms with Gasteiger partial charge >= 0.3 is 0 Å². The Labute approximate surface area is 143 Å². The maximum Gasteiger partial charge on any atom is 0.255 e. The summed E-state index contributed by atoms with van der Waals surface area (Å²) in [6.45, 7) is 6.07. The number of nitrogens with one attached hydrogen (secondary N) is 1. The number of hydrogen-bond acceptors (Lipinski definition) is 3. The number of benzene rings is 1. The summed E-state index contributed by atoms with van der Waals surface area (Å²) in [6.07, 6.45) is 6.56. The second-order valence-electron chi connectivity index (χ2n) is 6.57. The number of carbonyl (C=O) groups excluding carboxylic acids is 1. The molecule has 0 spiro atoms. The lowest BCUT2D eigenvalue weighted by Crippen LogP contribution is -2.37. The number of anilines is 2. The summed E-state index contributed by atoms with van der Waals surface area (Å²) in [6, 6.07) is 10.1. The lowest BCUT2D eigenvalue weighted by atomic mass is 9.99. The third-order valence-corrected chi connectivity index (χ3v) is 4.73. The molecule has 1 N–H and O–H groups in total. The van der Waals surface area contributed by atoms with Crippen LogP contribution in [0.2, 0.25) is 0 Å². The number of piperidine rings is 1. The first-order valence-corrected chi connectivity index (χ1v) is 8.76. The maximum atomic E-state index is 12.7. The third kappa shape index (κ3) is 3.75. The van der Waals surface area contributed by atoms with Gasteiger partial charge in [-0.05, 0) is 42.9 Å². The summed E-state index contributed by atoms with van der Waals surface area (Å²) < 4.78 is 0. The fraction of sp³-hybridized carbons (Fsp3) is 0.400. The summed E-state index contributed by atoms with van der Waals surface area (Å²) in [5.41, 5.74) is 3.83. The van der Waals surface area contributed by atoms with Crippen LogP contribution < -0.4 is 5.32 Å². The Kier molecular flexibility index (Phi) is 5.14. The normalized spacial score (nSPS) is 15.3. The Balaban J connectivity index is 1.75. The molecule has 0 radical (unpaired) electrons. The fourth-order valence-electron chi connectivity index (χ4n) is 3.13. The SMILES string of the molecule is CCc1ccccc1Nc1cncc(C(=O)N2CCC(C)CC2)c1. The van der Waals surface area contributed by atoms with E-state index in [1.54, 1.807) is 12.4 Å². The standard InChI is InChI=1S/C20H25N3O/c1-3-16-6-4-5-7-19(16)22-18-12-17(13-21-14-18)20(24)23-10-8-15(2)9-11-23/h4-7,12-15,22H,3,8-11H2,1-2H3. The van der Waals surface area contributed by atoms with E-state index >= 15 is 0 Å². The number of hydrogen-bond donors (Lipinski definition) is 1. The number of carbonyl (C=O) groups is 1. The van der Waals surface area contributed by atoms with E-state index in [9.17, 15) is 4.79 Å². The van der Waals surface area contributed by atoms with Crippen molar-refractivity contribution in [3.05, 3.63) is 53.9 Å². The fourth-order valence-corrected chi connectivity index (χ4v) is 3.13. The number of pyridine rings is 1. The average molecular weight is 323 g/mol. The largest absolute Gasteiger partial charge is 0.354 e. The first-order chi connectivity index (χ1) is 11.7. The lowest BCUT2D eigenvalue weighted by Gasteiger charge is -2.30. The van der Waals surface area contributed by atoms with Crippen molar-refractivity contribution in [3.8, 4) is 0 Å². The average Bonchev–Trinajstić information content (AvgIpc) is 2.62. The van der Waals surface area contributed by atoms with Crippen molar-refractivity contribution in [2.75, 3.05) is 18.4 Å². The Morgan fingerprint density at radius 2 is 2.00 bits per heavy atom. The van der Waals surface area contributed by atoms with Crippen molar-refractivity contribution in [1.82, 2.24) is 9.88 Å². The number of amides is 1. The van der Waals surface area contributed by atoms with Gasteiger partial charge in [-0.1, -0.05) is 32.0 Å². The molecule has 4 heteroatoms. The molecule has 0 atom stereocenters. The molecule has 126 valence electrons. The quantitative estimate of drug-likeness (QED) is 0.914. The van der Waals surface area contributed by atoms with Crippen LogP contribution >= 0.6 is 0 Å². The van der Waals surface area contributed by atoms with E-state index < -0.39 is 0 Å². The monoisotopic (exact) mass is 323 g/mol. The minimum atomic E-state index is 0.0850. The predicted molar refractivity (Wildman–Crippen MR) is 97.6 cm³/mol. The highest BCUT2D eigenvalue weighted by Gasteiger charge is 2.21. The van der Waals surface area contributed by atoms with E-state index in [0.29, 0.717) is 11.5 Å². The van der Waals surface area contributed by atoms with Crippen LogP contribution in [0.15, 0.2) is 42.7 Å². The molecule has 1 saturated heterocycles. The molecule has 2 aromatic rings. The highest BCUT2D eigenvalue weighted by Crippen LogP contribution is 2.23. The molecule has 1 aromatic heterocycles. The van der Waals surface area contributed by atoms with Gasteiger partial charge in [0.05, 0.1) is 17.4 Å². The summed E-state index contributed by atoms with van der Waals surface area (Å²) in [5.74, 6) is 0.799. The van der Waals surface area contributed by atoms with Gasteiger partial charge in [0.2, 0.25) is 0 Å². The molecule has 0 saturated carbocycles. The Bertz CT molecular complexity index is 706. The highest BCUT2D eigenvalue weighted by atomic mass is 16.2. The first-order valence-electron chi connectivity index (χ1n) is 8.76. The van der Waals surface area contributed by atoms with Crippen molar-refractivity contribution in [2.24, 2.45) is 5.92 Å². The van der Waals surface area contributed by atoms with Crippen molar-refractivity contribution < 1.29 is 4.79 Å². The van der Waals surface area contributed by atoms with Crippen LogP contribution in [0.1, 0.15) is 42.6 Å². The lowest BCUT2D eigenvalue weighted by molar-refractivity contribution is 0.0697. The maximum absolute atomic E-state index is 12.7. The molecule has 2 heterocycles. The molecule has 24 heavy (non-hydrogen) atoms. The van der Waals surface area contributed by atoms with Crippen LogP contribution in [-0.2, 0) is 6.42 Å². The number of aromatic nitrogens is 1. The van der Waals surface area contributed by atoms with E-state index in [1.807, 2.05) is 23.1 Å². The molecule has 1 aliphatic rings. The van der Waals surface area contributed by atoms with Gasteiger partial charge in [-0.15, -0.1) is 0 Å². The summed E-state index contributed by atoms with van der Waals surface area (Å²) in [4.78, 5) is 18.9. The molecule has 0 aliphatic carbocycles. The van der Waals surface area contributed by atoms with Crippen molar-refractivity contribution in [3.63, 3.8) is 0 Å². The van der Waals surface area contributed by atoms with Crippen LogP contribution in [0.25, 0.3) is 0 Å². The van der Waals surface area contributed by atoms with E-state index in [0.717, 1.165) is 43.7 Å². The van der Waals surface area contributed by atoms with Crippen molar-refractivity contribution in [1.29, 1.82) is 0 Å².